The third-order valence-electron chi connectivity index (χ3n) is 3.28. The molecule has 0 saturated heterocycles. The molecule has 0 aliphatic rings. The van der Waals surface area contributed by atoms with E-state index in [1.807, 2.05) is 18.2 Å². The molecular weight excluding hydrogens is 358 g/mol. The maximum atomic E-state index is 11.7. The first-order valence-corrected chi connectivity index (χ1v) is 8.67. The molecule has 2 aromatic carbocycles. The fraction of sp³-hybridized carbons (Fsp3) is 0.222. The lowest BCUT2D eigenvalue weighted by Crippen LogP contribution is -2.48. The van der Waals surface area contributed by atoms with Crippen molar-refractivity contribution in [1.82, 2.24) is 16.2 Å². The van der Waals surface area contributed by atoms with E-state index in [2.05, 4.69) is 28.3 Å². The Labute approximate surface area is 157 Å². The summed E-state index contributed by atoms with van der Waals surface area (Å²) in [4.78, 5) is 11.7. The molecule has 5 nitrogen and oxygen atoms in total. The zero-order valence-electron chi connectivity index (χ0n) is 13.6. The number of carbonyl (C=O) groups excluding carboxylic acids is 1. The Bertz CT molecular complexity index is 698. The molecule has 0 spiro atoms. The molecule has 0 aliphatic heterocycles. The Morgan fingerprint density at radius 3 is 2.52 bits per heavy atom. The fourth-order valence-electron chi connectivity index (χ4n) is 2.05. The van der Waals surface area contributed by atoms with E-state index in [9.17, 15) is 4.79 Å². The highest BCUT2D eigenvalue weighted by Gasteiger charge is 2.05. The lowest BCUT2D eigenvalue weighted by molar-refractivity contribution is -0.123. The first-order valence-electron chi connectivity index (χ1n) is 7.89. The zero-order valence-corrected chi connectivity index (χ0v) is 15.2. The van der Waals surface area contributed by atoms with E-state index in [-0.39, 0.29) is 12.5 Å². The summed E-state index contributed by atoms with van der Waals surface area (Å²) in [6.07, 6.45) is 1.91. The normalized spacial score (nSPS) is 9.96. The predicted octanol–water partition coefficient (Wildman–Crippen LogP) is 2.85. The molecule has 0 aliphatic carbocycles. The predicted molar refractivity (Wildman–Crippen MR) is 104 cm³/mol. The number of nitrogens with one attached hydrogen (secondary N) is 3. The van der Waals surface area contributed by atoms with Crippen molar-refractivity contribution in [2.45, 2.75) is 12.8 Å². The molecule has 1 amide bonds. The third kappa shape index (κ3) is 7.41. The van der Waals surface area contributed by atoms with E-state index >= 15 is 0 Å². The lowest BCUT2D eigenvalue weighted by atomic mass is 10.1. The molecular formula is C18H20ClN3O2S. The number of benzene rings is 2. The number of para-hydroxylation sites is 1. The molecule has 0 saturated carbocycles. The van der Waals surface area contributed by atoms with Gasteiger partial charge in [0.25, 0.3) is 5.91 Å². The molecule has 0 radical (unpaired) electrons. The number of halogens is 1. The second-order valence-electron chi connectivity index (χ2n) is 5.24. The minimum absolute atomic E-state index is 0.159. The average Bonchev–Trinajstić information content (AvgIpc) is 2.64. The average molecular weight is 378 g/mol. The summed E-state index contributed by atoms with van der Waals surface area (Å²) in [6.45, 7) is 0.556. The van der Waals surface area contributed by atoms with Crippen LogP contribution in [0.2, 0.25) is 5.02 Å². The van der Waals surface area contributed by atoms with Crippen molar-refractivity contribution in [3.63, 3.8) is 0 Å². The van der Waals surface area contributed by atoms with Gasteiger partial charge in [-0.05, 0) is 42.8 Å². The van der Waals surface area contributed by atoms with Crippen LogP contribution in [0.25, 0.3) is 0 Å². The molecule has 25 heavy (non-hydrogen) atoms. The van der Waals surface area contributed by atoms with Gasteiger partial charge in [-0.2, -0.15) is 0 Å². The van der Waals surface area contributed by atoms with Gasteiger partial charge in [0.2, 0.25) is 0 Å². The lowest BCUT2D eigenvalue weighted by Gasteiger charge is -2.12. The topological polar surface area (TPSA) is 62.4 Å². The molecule has 0 bridgehead atoms. The number of hydrogen-bond donors (Lipinski definition) is 3. The highest BCUT2D eigenvalue weighted by molar-refractivity contribution is 7.80. The fourth-order valence-corrected chi connectivity index (χ4v) is 2.39. The number of ether oxygens (including phenoxy) is 1. The van der Waals surface area contributed by atoms with Crippen LogP contribution in [0.5, 0.6) is 5.75 Å². The van der Waals surface area contributed by atoms with Crippen molar-refractivity contribution in [3.8, 4) is 5.75 Å². The van der Waals surface area contributed by atoms with Crippen LogP contribution in [0.15, 0.2) is 54.6 Å². The number of hydrogen-bond acceptors (Lipinski definition) is 3. The van der Waals surface area contributed by atoms with Gasteiger partial charge in [-0.1, -0.05) is 54.1 Å². The van der Waals surface area contributed by atoms with Crippen LogP contribution in [0.4, 0.5) is 0 Å². The Morgan fingerprint density at radius 1 is 1.04 bits per heavy atom. The Balaban J connectivity index is 1.56. The number of aryl methyl sites for hydroxylation is 1. The Kier molecular flexibility index (Phi) is 8.01. The third-order valence-corrected chi connectivity index (χ3v) is 3.84. The largest absolute Gasteiger partial charge is 0.482 e. The molecule has 7 heteroatoms. The van der Waals surface area contributed by atoms with Crippen molar-refractivity contribution >= 4 is 34.8 Å². The van der Waals surface area contributed by atoms with E-state index in [1.54, 1.807) is 24.3 Å². The van der Waals surface area contributed by atoms with E-state index in [0.29, 0.717) is 22.4 Å². The number of hydrazine groups is 1. The summed E-state index contributed by atoms with van der Waals surface area (Å²) in [5, 5.41) is 3.85. The van der Waals surface area contributed by atoms with Gasteiger partial charge in [0.05, 0.1) is 5.02 Å². The smallest absolute Gasteiger partial charge is 0.276 e. The minimum Gasteiger partial charge on any atom is -0.482 e. The van der Waals surface area contributed by atoms with Crippen LogP contribution in [0, 0.1) is 0 Å². The summed E-state index contributed by atoms with van der Waals surface area (Å²) < 4.78 is 5.33. The summed E-state index contributed by atoms with van der Waals surface area (Å²) in [6, 6.07) is 17.2. The van der Waals surface area contributed by atoms with Crippen molar-refractivity contribution < 1.29 is 9.53 Å². The highest BCUT2D eigenvalue weighted by atomic mass is 35.5. The van der Waals surface area contributed by atoms with Crippen molar-refractivity contribution in [2.75, 3.05) is 13.2 Å². The summed E-state index contributed by atoms with van der Waals surface area (Å²) in [5.41, 5.74) is 6.40. The molecule has 0 heterocycles. The van der Waals surface area contributed by atoms with E-state index < -0.39 is 0 Å². The summed E-state index contributed by atoms with van der Waals surface area (Å²) >= 11 is 11.0. The maximum absolute atomic E-state index is 11.7. The molecule has 2 aromatic rings. The van der Waals surface area contributed by atoms with Crippen LogP contribution in [-0.4, -0.2) is 24.2 Å². The van der Waals surface area contributed by atoms with Crippen LogP contribution in [0.3, 0.4) is 0 Å². The van der Waals surface area contributed by atoms with Crippen molar-refractivity contribution in [1.29, 1.82) is 0 Å². The van der Waals surface area contributed by atoms with Gasteiger partial charge in [-0.3, -0.25) is 15.6 Å². The molecule has 0 unspecified atom stereocenters. The van der Waals surface area contributed by atoms with Crippen molar-refractivity contribution in [2.24, 2.45) is 0 Å². The second-order valence-corrected chi connectivity index (χ2v) is 6.05. The monoisotopic (exact) mass is 377 g/mol. The molecule has 2 rings (SSSR count). The molecule has 0 fully saturated rings. The molecule has 0 aromatic heterocycles. The molecule has 3 N–H and O–H groups in total. The quantitative estimate of drug-likeness (QED) is 0.393. The van der Waals surface area contributed by atoms with E-state index in [1.165, 1.54) is 5.56 Å². The summed E-state index contributed by atoms with van der Waals surface area (Å²) in [5.74, 6) is 0.106. The first-order chi connectivity index (χ1) is 12.1. The first kappa shape index (κ1) is 19.0. The second kappa shape index (κ2) is 10.5. The van der Waals surface area contributed by atoms with Crippen LogP contribution >= 0.6 is 23.8 Å². The molecule has 132 valence electrons. The minimum atomic E-state index is -0.353. The van der Waals surface area contributed by atoms with E-state index in [0.717, 1.165) is 12.8 Å². The standard InChI is InChI=1S/C18H20ClN3O2S/c19-15-10-4-5-11-16(15)24-13-17(23)21-22-18(25)20-12-6-9-14-7-2-1-3-8-14/h1-5,7-8,10-11H,6,9,12-13H2,(H,21,23)(H2,20,22,25). The van der Waals surface area contributed by atoms with Gasteiger partial charge >= 0.3 is 0 Å². The van der Waals surface area contributed by atoms with E-state index in [4.69, 9.17) is 28.6 Å². The highest BCUT2D eigenvalue weighted by Crippen LogP contribution is 2.22. The van der Waals surface area contributed by atoms with Crippen LogP contribution in [-0.2, 0) is 11.2 Å². The van der Waals surface area contributed by atoms with Crippen LogP contribution < -0.4 is 20.9 Å². The van der Waals surface area contributed by atoms with Gasteiger partial charge in [0.1, 0.15) is 5.75 Å². The maximum Gasteiger partial charge on any atom is 0.276 e. The van der Waals surface area contributed by atoms with Gasteiger partial charge in [-0.25, -0.2) is 0 Å². The summed E-state index contributed by atoms with van der Waals surface area (Å²) in [7, 11) is 0. The van der Waals surface area contributed by atoms with Crippen LogP contribution in [0.1, 0.15) is 12.0 Å². The van der Waals surface area contributed by atoms with Gasteiger partial charge in [-0.15, -0.1) is 0 Å². The number of carbonyl (C=O) groups is 1. The van der Waals surface area contributed by atoms with Gasteiger partial charge in [0, 0.05) is 6.54 Å². The number of thiocarbonyl (C=S) groups is 1. The van der Waals surface area contributed by atoms with Crippen molar-refractivity contribution in [3.05, 3.63) is 65.2 Å². The zero-order chi connectivity index (χ0) is 17.9. The Hall–Kier alpha value is -2.31. The number of rotatable bonds is 7. The molecule has 0 atom stereocenters. The van der Waals surface area contributed by atoms with Gasteiger partial charge < -0.3 is 10.1 Å². The van der Waals surface area contributed by atoms with Gasteiger partial charge in [0.15, 0.2) is 11.7 Å². The Morgan fingerprint density at radius 2 is 1.76 bits per heavy atom. The number of amides is 1. The SMILES string of the molecule is O=C(COc1ccccc1Cl)NNC(=S)NCCCc1ccccc1.